The molecule has 8 heteroatoms. The maximum Gasteiger partial charge on any atom is 0.354 e. The van der Waals surface area contributed by atoms with Crippen molar-refractivity contribution >= 4 is 52.4 Å². The molecule has 0 atom stereocenters. The SMILES string of the molecule is O=C(O)c1cc(Cl)nc(C(Cl)(Cl)Cl)n1. The minimum Gasteiger partial charge on any atom is -0.477 e. The van der Waals surface area contributed by atoms with Gasteiger partial charge in [-0.2, -0.15) is 0 Å². The molecule has 0 aliphatic carbocycles. The summed E-state index contributed by atoms with van der Waals surface area (Å²) in [7, 11) is 0. The first kappa shape index (κ1) is 11.8. The topological polar surface area (TPSA) is 63.1 Å². The average molecular weight is 276 g/mol. The van der Waals surface area contributed by atoms with Gasteiger partial charge in [0.25, 0.3) is 0 Å². The summed E-state index contributed by atoms with van der Waals surface area (Å²) >= 11 is 21.9. The third kappa shape index (κ3) is 2.85. The molecule has 1 rings (SSSR count). The fraction of sp³-hybridized carbons (Fsp3) is 0.167. The van der Waals surface area contributed by atoms with Crippen molar-refractivity contribution in [1.29, 1.82) is 0 Å². The monoisotopic (exact) mass is 274 g/mol. The molecule has 0 aliphatic heterocycles. The Morgan fingerprint density at radius 2 is 1.93 bits per heavy atom. The van der Waals surface area contributed by atoms with Crippen LogP contribution in [0.15, 0.2) is 6.07 Å². The van der Waals surface area contributed by atoms with Crippen LogP contribution in [0.5, 0.6) is 0 Å². The molecule has 4 nitrogen and oxygen atoms in total. The lowest BCUT2D eigenvalue weighted by Crippen LogP contribution is -2.11. The summed E-state index contributed by atoms with van der Waals surface area (Å²) in [5.74, 6) is -1.54. The van der Waals surface area contributed by atoms with Crippen LogP contribution >= 0.6 is 46.4 Å². The van der Waals surface area contributed by atoms with Crippen molar-refractivity contribution in [3.8, 4) is 0 Å². The van der Waals surface area contributed by atoms with Gasteiger partial charge in [0.15, 0.2) is 11.5 Å². The van der Waals surface area contributed by atoms with Crippen LogP contribution in [-0.4, -0.2) is 21.0 Å². The van der Waals surface area contributed by atoms with Crippen LogP contribution in [0.3, 0.4) is 0 Å². The minimum atomic E-state index is -1.89. The highest BCUT2D eigenvalue weighted by Crippen LogP contribution is 2.36. The zero-order valence-corrected chi connectivity index (χ0v) is 9.36. The standard InChI is InChI=1S/C6H2Cl4N2O2/c7-3-1-2(4(13)14)11-5(12-3)6(8,9)10/h1H,(H,13,14). The van der Waals surface area contributed by atoms with E-state index >= 15 is 0 Å². The summed E-state index contributed by atoms with van der Waals surface area (Å²) in [5, 5.41) is 8.52. The van der Waals surface area contributed by atoms with Gasteiger partial charge in [-0.05, 0) is 0 Å². The number of aromatic nitrogens is 2. The van der Waals surface area contributed by atoms with Gasteiger partial charge in [0.1, 0.15) is 5.15 Å². The van der Waals surface area contributed by atoms with Crippen LogP contribution in [-0.2, 0) is 3.79 Å². The predicted octanol–water partition coefficient (Wildman–Crippen LogP) is 2.65. The lowest BCUT2D eigenvalue weighted by Gasteiger charge is -2.09. The smallest absolute Gasteiger partial charge is 0.354 e. The second kappa shape index (κ2) is 4.06. The molecule has 0 fully saturated rings. The van der Waals surface area contributed by atoms with Crippen LogP contribution in [0.1, 0.15) is 16.3 Å². The summed E-state index contributed by atoms with van der Waals surface area (Å²) in [6.45, 7) is 0. The molecular weight excluding hydrogens is 274 g/mol. The van der Waals surface area contributed by atoms with E-state index in [0.29, 0.717) is 0 Å². The Morgan fingerprint density at radius 1 is 1.36 bits per heavy atom. The molecule has 76 valence electrons. The Bertz CT molecular complexity index is 377. The maximum atomic E-state index is 10.6. The molecule has 0 aliphatic rings. The summed E-state index contributed by atoms with van der Waals surface area (Å²) < 4.78 is -1.89. The van der Waals surface area contributed by atoms with Crippen LogP contribution < -0.4 is 0 Å². The number of nitrogens with zero attached hydrogens (tertiary/aromatic N) is 2. The molecule has 0 bridgehead atoms. The van der Waals surface area contributed by atoms with E-state index in [1.54, 1.807) is 0 Å². The van der Waals surface area contributed by atoms with Gasteiger partial charge in [-0.15, -0.1) is 0 Å². The van der Waals surface area contributed by atoms with Gasteiger partial charge in [-0.25, -0.2) is 14.8 Å². The number of hydrogen-bond donors (Lipinski definition) is 1. The Labute approximate surface area is 98.8 Å². The van der Waals surface area contributed by atoms with Crippen LogP contribution in [0.2, 0.25) is 5.15 Å². The number of halogens is 4. The highest BCUT2D eigenvalue weighted by molar-refractivity contribution is 6.66. The van der Waals surface area contributed by atoms with E-state index in [1.165, 1.54) is 0 Å². The highest BCUT2D eigenvalue weighted by Gasteiger charge is 2.28. The fourth-order valence-corrected chi connectivity index (χ4v) is 1.09. The lowest BCUT2D eigenvalue weighted by atomic mass is 10.4. The maximum absolute atomic E-state index is 10.6. The molecule has 0 saturated heterocycles. The minimum absolute atomic E-state index is 0.0984. The van der Waals surface area contributed by atoms with Crippen molar-refractivity contribution in [2.24, 2.45) is 0 Å². The Balaban J connectivity index is 3.28. The summed E-state index contributed by atoms with van der Waals surface area (Å²) in [4.78, 5) is 17.7. The average Bonchev–Trinajstić information content (AvgIpc) is 2.01. The number of carbonyl (C=O) groups is 1. The number of rotatable bonds is 1. The first-order chi connectivity index (χ1) is 6.30. The van der Waals surface area contributed by atoms with E-state index in [-0.39, 0.29) is 16.7 Å². The van der Waals surface area contributed by atoms with Crippen LogP contribution in [0, 0.1) is 0 Å². The summed E-state index contributed by atoms with van der Waals surface area (Å²) in [6, 6.07) is 1.06. The zero-order valence-electron chi connectivity index (χ0n) is 6.34. The third-order valence-electron chi connectivity index (χ3n) is 1.17. The van der Waals surface area contributed by atoms with Crippen molar-refractivity contribution in [2.75, 3.05) is 0 Å². The molecule has 14 heavy (non-hydrogen) atoms. The molecule has 0 unspecified atom stereocenters. The number of aromatic carboxylic acids is 1. The van der Waals surface area contributed by atoms with Crippen LogP contribution in [0.25, 0.3) is 0 Å². The van der Waals surface area contributed by atoms with E-state index in [9.17, 15) is 4.79 Å². The largest absolute Gasteiger partial charge is 0.477 e. The predicted molar refractivity (Wildman–Crippen MR) is 53.2 cm³/mol. The van der Waals surface area contributed by atoms with Gasteiger partial charge in [-0.3, -0.25) is 0 Å². The highest BCUT2D eigenvalue weighted by atomic mass is 35.6. The Morgan fingerprint density at radius 3 is 2.36 bits per heavy atom. The molecule has 0 amide bonds. The molecule has 1 N–H and O–H groups in total. The van der Waals surface area contributed by atoms with Gasteiger partial charge < -0.3 is 5.11 Å². The van der Waals surface area contributed by atoms with Gasteiger partial charge in [0, 0.05) is 6.07 Å². The van der Waals surface area contributed by atoms with Crippen molar-refractivity contribution < 1.29 is 9.90 Å². The quantitative estimate of drug-likeness (QED) is 0.632. The van der Waals surface area contributed by atoms with Crippen molar-refractivity contribution in [2.45, 2.75) is 3.79 Å². The van der Waals surface area contributed by atoms with Gasteiger partial charge in [0.05, 0.1) is 0 Å². The third-order valence-corrected chi connectivity index (χ3v) is 1.87. The molecule has 1 heterocycles. The van der Waals surface area contributed by atoms with Crippen molar-refractivity contribution in [3.05, 3.63) is 22.7 Å². The fourth-order valence-electron chi connectivity index (χ4n) is 0.654. The number of carboxylic acid groups (broad SMARTS) is 1. The van der Waals surface area contributed by atoms with E-state index in [2.05, 4.69) is 9.97 Å². The molecular formula is C6H2Cl4N2O2. The number of hydrogen-bond acceptors (Lipinski definition) is 3. The second-order valence-corrected chi connectivity index (χ2v) is 4.87. The van der Waals surface area contributed by atoms with Crippen LogP contribution in [0.4, 0.5) is 0 Å². The van der Waals surface area contributed by atoms with E-state index in [0.717, 1.165) is 6.07 Å². The summed E-state index contributed by atoms with van der Waals surface area (Å²) in [5.41, 5.74) is -0.327. The molecule has 0 aromatic carbocycles. The van der Waals surface area contributed by atoms with Gasteiger partial charge >= 0.3 is 5.97 Å². The van der Waals surface area contributed by atoms with Crippen molar-refractivity contribution in [3.63, 3.8) is 0 Å². The number of carboxylic acids is 1. The van der Waals surface area contributed by atoms with E-state index in [1.807, 2.05) is 0 Å². The normalized spacial score (nSPS) is 11.4. The van der Waals surface area contributed by atoms with Gasteiger partial charge in [0.2, 0.25) is 3.79 Å². The Kier molecular flexibility index (Phi) is 3.42. The molecule has 0 saturated carbocycles. The first-order valence-corrected chi connectivity index (χ1v) is 4.67. The number of alkyl halides is 3. The first-order valence-electron chi connectivity index (χ1n) is 3.16. The van der Waals surface area contributed by atoms with Gasteiger partial charge in [-0.1, -0.05) is 46.4 Å². The lowest BCUT2D eigenvalue weighted by molar-refractivity contribution is 0.0690. The molecule has 1 aromatic rings. The van der Waals surface area contributed by atoms with E-state index < -0.39 is 9.76 Å². The van der Waals surface area contributed by atoms with E-state index in [4.69, 9.17) is 51.5 Å². The summed E-state index contributed by atoms with van der Waals surface area (Å²) in [6.07, 6.45) is 0. The molecule has 0 spiro atoms. The second-order valence-electron chi connectivity index (χ2n) is 2.20. The van der Waals surface area contributed by atoms with Crippen molar-refractivity contribution in [1.82, 2.24) is 9.97 Å². The molecule has 0 radical (unpaired) electrons. The zero-order chi connectivity index (χ0) is 10.9. The molecule has 1 aromatic heterocycles. The Hall–Kier alpha value is -0.290.